The van der Waals surface area contributed by atoms with Crippen molar-refractivity contribution in [3.63, 3.8) is 0 Å². The van der Waals surface area contributed by atoms with Crippen LogP contribution in [-0.4, -0.2) is 27.8 Å². The molecule has 1 heterocycles. The summed E-state index contributed by atoms with van der Waals surface area (Å²) in [6.07, 6.45) is 0. The Bertz CT molecular complexity index is 1080. The first-order chi connectivity index (χ1) is 13.4. The van der Waals surface area contributed by atoms with Crippen molar-refractivity contribution in [1.29, 1.82) is 0 Å². The predicted octanol–water partition coefficient (Wildman–Crippen LogP) is 3.89. The van der Waals surface area contributed by atoms with Gasteiger partial charge in [0.2, 0.25) is 0 Å². The number of methoxy groups -OCH3 is 1. The Labute approximate surface area is 161 Å². The first-order valence-corrected chi connectivity index (χ1v) is 8.61. The van der Waals surface area contributed by atoms with Crippen LogP contribution >= 0.6 is 11.3 Å². The summed E-state index contributed by atoms with van der Waals surface area (Å²) >= 11 is 1.13. The molecule has 0 aliphatic heterocycles. The topological polar surface area (TPSA) is 138 Å². The maximum atomic E-state index is 12.4. The van der Waals surface area contributed by atoms with Crippen LogP contribution in [0.5, 0.6) is 5.75 Å². The van der Waals surface area contributed by atoms with Gasteiger partial charge in [0.25, 0.3) is 17.3 Å². The SMILES string of the molecule is COc1ccccc1-c1csc(NC(=O)c2ccc([N+](=O)[O-])cc2[N+](=O)[O-])n1. The maximum absolute atomic E-state index is 12.4. The van der Waals surface area contributed by atoms with Gasteiger partial charge in [-0.15, -0.1) is 11.3 Å². The van der Waals surface area contributed by atoms with Crippen LogP contribution in [0.25, 0.3) is 11.3 Å². The molecule has 0 unspecified atom stereocenters. The fourth-order valence-electron chi connectivity index (χ4n) is 2.45. The molecule has 10 nitrogen and oxygen atoms in total. The zero-order chi connectivity index (χ0) is 20.3. The average Bonchev–Trinajstić information content (AvgIpc) is 3.15. The third-order valence-electron chi connectivity index (χ3n) is 3.74. The predicted molar refractivity (Wildman–Crippen MR) is 102 cm³/mol. The zero-order valence-corrected chi connectivity index (χ0v) is 15.1. The lowest BCUT2D eigenvalue weighted by molar-refractivity contribution is -0.394. The standard InChI is InChI=1S/C17H12N4O6S/c1-27-15-5-3-2-4-11(15)13-9-28-17(18-13)19-16(22)12-7-6-10(20(23)24)8-14(12)21(25)26/h2-9H,1H3,(H,18,19,22). The molecular formula is C17H12N4O6S. The van der Waals surface area contributed by atoms with E-state index in [1.165, 1.54) is 7.11 Å². The summed E-state index contributed by atoms with van der Waals surface area (Å²) in [5.41, 5.74) is -0.146. The van der Waals surface area contributed by atoms with Gasteiger partial charge in [0.15, 0.2) is 5.13 Å². The van der Waals surface area contributed by atoms with Crippen LogP contribution < -0.4 is 10.1 Å². The van der Waals surface area contributed by atoms with E-state index in [-0.39, 0.29) is 10.7 Å². The first kappa shape index (κ1) is 18.9. The van der Waals surface area contributed by atoms with Crippen molar-refractivity contribution in [3.05, 3.63) is 73.6 Å². The van der Waals surface area contributed by atoms with Gasteiger partial charge in [-0.1, -0.05) is 12.1 Å². The molecule has 11 heteroatoms. The van der Waals surface area contributed by atoms with E-state index in [1.54, 1.807) is 17.5 Å². The number of nitro benzene ring substituents is 2. The number of benzene rings is 2. The molecule has 142 valence electrons. The van der Waals surface area contributed by atoms with Crippen molar-refractivity contribution in [3.8, 4) is 17.0 Å². The number of hydrogen-bond acceptors (Lipinski definition) is 8. The van der Waals surface area contributed by atoms with Gasteiger partial charge in [-0.25, -0.2) is 4.98 Å². The van der Waals surface area contributed by atoms with Crippen LogP contribution in [-0.2, 0) is 0 Å². The van der Waals surface area contributed by atoms with Crippen LogP contribution in [0.1, 0.15) is 10.4 Å². The number of nitrogens with zero attached hydrogens (tertiary/aromatic N) is 3. The summed E-state index contributed by atoms with van der Waals surface area (Å²) in [6, 6.07) is 10.0. The number of rotatable bonds is 6. The van der Waals surface area contributed by atoms with Crippen molar-refractivity contribution < 1.29 is 19.4 Å². The zero-order valence-electron chi connectivity index (χ0n) is 14.3. The van der Waals surface area contributed by atoms with E-state index in [1.807, 2.05) is 12.1 Å². The Morgan fingerprint density at radius 3 is 2.57 bits per heavy atom. The molecular weight excluding hydrogens is 388 g/mol. The van der Waals surface area contributed by atoms with Crippen LogP contribution in [0.15, 0.2) is 47.8 Å². The highest BCUT2D eigenvalue weighted by Crippen LogP contribution is 2.32. The molecule has 0 radical (unpaired) electrons. The molecule has 0 bridgehead atoms. The first-order valence-electron chi connectivity index (χ1n) is 7.74. The molecule has 2 aromatic carbocycles. The molecule has 0 saturated heterocycles. The minimum Gasteiger partial charge on any atom is -0.496 e. The van der Waals surface area contributed by atoms with E-state index in [0.29, 0.717) is 11.4 Å². The molecule has 0 aliphatic rings. The lowest BCUT2D eigenvalue weighted by Gasteiger charge is -2.05. The van der Waals surface area contributed by atoms with Crippen LogP contribution in [0.4, 0.5) is 16.5 Å². The van der Waals surface area contributed by atoms with Gasteiger partial charge < -0.3 is 4.74 Å². The van der Waals surface area contributed by atoms with Gasteiger partial charge in [0, 0.05) is 17.0 Å². The number of carbonyl (C=O) groups excluding carboxylic acids is 1. The Morgan fingerprint density at radius 2 is 1.89 bits per heavy atom. The van der Waals surface area contributed by atoms with E-state index in [2.05, 4.69) is 10.3 Å². The molecule has 1 aromatic heterocycles. The number of aromatic nitrogens is 1. The normalized spacial score (nSPS) is 10.3. The van der Waals surface area contributed by atoms with Gasteiger partial charge in [-0.05, 0) is 18.2 Å². The number of thiazole rings is 1. The summed E-state index contributed by atoms with van der Waals surface area (Å²) in [7, 11) is 1.53. The van der Waals surface area contributed by atoms with E-state index >= 15 is 0 Å². The van der Waals surface area contributed by atoms with Crippen LogP contribution in [0.2, 0.25) is 0 Å². The second kappa shape index (κ2) is 7.80. The van der Waals surface area contributed by atoms with Crippen molar-refractivity contribution in [1.82, 2.24) is 4.98 Å². The maximum Gasteiger partial charge on any atom is 0.289 e. The summed E-state index contributed by atoms with van der Waals surface area (Å²) < 4.78 is 5.28. The largest absolute Gasteiger partial charge is 0.496 e. The molecule has 0 atom stereocenters. The number of ether oxygens (including phenoxy) is 1. The summed E-state index contributed by atoms with van der Waals surface area (Å²) in [5, 5.41) is 26.4. The summed E-state index contributed by atoms with van der Waals surface area (Å²) in [6.45, 7) is 0. The van der Waals surface area contributed by atoms with E-state index in [9.17, 15) is 25.0 Å². The van der Waals surface area contributed by atoms with Crippen LogP contribution in [0.3, 0.4) is 0 Å². The lowest BCUT2D eigenvalue weighted by atomic mass is 10.1. The molecule has 0 spiro atoms. The molecule has 0 fully saturated rings. The quantitative estimate of drug-likeness (QED) is 0.489. The number of carbonyl (C=O) groups is 1. The minimum absolute atomic E-state index is 0.221. The minimum atomic E-state index is -0.843. The third kappa shape index (κ3) is 3.78. The van der Waals surface area contributed by atoms with Crippen molar-refractivity contribution in [2.75, 3.05) is 12.4 Å². The van der Waals surface area contributed by atoms with Crippen molar-refractivity contribution >= 4 is 33.8 Å². The third-order valence-corrected chi connectivity index (χ3v) is 4.50. The lowest BCUT2D eigenvalue weighted by Crippen LogP contribution is -2.14. The highest BCUT2D eigenvalue weighted by molar-refractivity contribution is 7.14. The highest BCUT2D eigenvalue weighted by atomic mass is 32.1. The van der Waals surface area contributed by atoms with Gasteiger partial charge in [-0.3, -0.25) is 30.3 Å². The molecule has 3 aromatic rings. The molecule has 0 saturated carbocycles. The van der Waals surface area contributed by atoms with Gasteiger partial charge in [0.1, 0.15) is 11.3 Å². The number of nitro groups is 2. The van der Waals surface area contributed by atoms with Gasteiger partial charge >= 0.3 is 0 Å². The van der Waals surface area contributed by atoms with Crippen molar-refractivity contribution in [2.45, 2.75) is 0 Å². The van der Waals surface area contributed by atoms with Gasteiger partial charge in [0.05, 0.1) is 28.7 Å². The molecule has 1 N–H and O–H groups in total. The van der Waals surface area contributed by atoms with E-state index in [0.717, 1.165) is 35.1 Å². The number of anilines is 1. The number of non-ortho nitro benzene ring substituents is 1. The van der Waals surface area contributed by atoms with E-state index in [4.69, 9.17) is 4.74 Å². The highest BCUT2D eigenvalue weighted by Gasteiger charge is 2.24. The molecule has 1 amide bonds. The van der Waals surface area contributed by atoms with Crippen molar-refractivity contribution in [2.24, 2.45) is 0 Å². The monoisotopic (exact) mass is 400 g/mol. The molecule has 3 rings (SSSR count). The van der Waals surface area contributed by atoms with Gasteiger partial charge in [-0.2, -0.15) is 0 Å². The molecule has 28 heavy (non-hydrogen) atoms. The summed E-state index contributed by atoms with van der Waals surface area (Å²) in [5.74, 6) is -0.181. The number of nitrogens with one attached hydrogen (secondary N) is 1. The fraction of sp³-hybridized carbons (Fsp3) is 0.0588. The summed E-state index contributed by atoms with van der Waals surface area (Å²) in [4.78, 5) is 37.1. The fourth-order valence-corrected chi connectivity index (χ4v) is 3.16. The molecule has 0 aliphatic carbocycles. The average molecular weight is 400 g/mol. The number of para-hydroxylation sites is 1. The van der Waals surface area contributed by atoms with E-state index < -0.39 is 27.1 Å². The second-order valence-corrected chi connectivity index (χ2v) is 6.27. The number of amides is 1. The number of hydrogen-bond donors (Lipinski definition) is 1. The Hall–Kier alpha value is -3.86. The Balaban J connectivity index is 1.87. The second-order valence-electron chi connectivity index (χ2n) is 5.41. The Morgan fingerprint density at radius 1 is 1.14 bits per heavy atom. The van der Waals surface area contributed by atoms with Crippen LogP contribution in [0, 0.1) is 20.2 Å². The smallest absolute Gasteiger partial charge is 0.289 e. The Kier molecular flexibility index (Phi) is 5.27.